The lowest BCUT2D eigenvalue weighted by atomic mass is 9.85. The Kier molecular flexibility index (Phi) is 4.80. The SMILES string of the molecule is CCOc1ccc(C(O)(CC)Cc2ccccc2)cc1. The second-order valence-corrected chi connectivity index (χ2v) is 5.00. The summed E-state index contributed by atoms with van der Waals surface area (Å²) in [5.41, 5.74) is 1.25. The first kappa shape index (κ1) is 14.6. The van der Waals surface area contributed by atoms with Gasteiger partial charge in [0.25, 0.3) is 0 Å². The Hall–Kier alpha value is -1.80. The van der Waals surface area contributed by atoms with E-state index in [4.69, 9.17) is 4.74 Å². The minimum absolute atomic E-state index is 0.623. The lowest BCUT2D eigenvalue weighted by Gasteiger charge is -2.28. The van der Waals surface area contributed by atoms with E-state index >= 15 is 0 Å². The van der Waals surface area contributed by atoms with Crippen molar-refractivity contribution in [1.82, 2.24) is 0 Å². The van der Waals surface area contributed by atoms with Crippen molar-refractivity contribution in [3.8, 4) is 5.75 Å². The Morgan fingerprint density at radius 2 is 1.60 bits per heavy atom. The van der Waals surface area contributed by atoms with Gasteiger partial charge in [-0.2, -0.15) is 0 Å². The van der Waals surface area contributed by atoms with Gasteiger partial charge in [-0.3, -0.25) is 0 Å². The summed E-state index contributed by atoms with van der Waals surface area (Å²) < 4.78 is 5.44. The summed E-state index contributed by atoms with van der Waals surface area (Å²) in [7, 11) is 0. The van der Waals surface area contributed by atoms with Crippen LogP contribution < -0.4 is 4.74 Å². The fourth-order valence-corrected chi connectivity index (χ4v) is 2.39. The standard InChI is InChI=1S/C18H22O2/c1-3-18(19,14-15-8-6-5-7-9-15)16-10-12-17(13-11-16)20-4-2/h5-13,19H,3-4,14H2,1-2H3. The summed E-state index contributed by atoms with van der Waals surface area (Å²) >= 11 is 0. The van der Waals surface area contributed by atoms with Gasteiger partial charge in [-0.1, -0.05) is 49.4 Å². The Morgan fingerprint density at radius 3 is 2.15 bits per heavy atom. The molecule has 1 N–H and O–H groups in total. The van der Waals surface area contributed by atoms with Crippen LogP contribution in [0.15, 0.2) is 54.6 Å². The highest BCUT2D eigenvalue weighted by atomic mass is 16.5. The van der Waals surface area contributed by atoms with Crippen LogP contribution in [0.1, 0.15) is 31.4 Å². The number of aliphatic hydroxyl groups is 1. The maximum absolute atomic E-state index is 10.9. The lowest BCUT2D eigenvalue weighted by Crippen LogP contribution is -2.27. The molecule has 2 heteroatoms. The normalized spacial score (nSPS) is 13.8. The van der Waals surface area contributed by atoms with Gasteiger partial charge in [0.05, 0.1) is 12.2 Å². The average Bonchev–Trinajstić information content (AvgIpc) is 2.49. The highest BCUT2D eigenvalue weighted by molar-refractivity contribution is 5.32. The van der Waals surface area contributed by atoms with Gasteiger partial charge in [0.1, 0.15) is 5.75 Å². The summed E-state index contributed by atoms with van der Waals surface area (Å²) in [4.78, 5) is 0. The summed E-state index contributed by atoms with van der Waals surface area (Å²) in [6.07, 6.45) is 1.30. The number of ether oxygens (including phenoxy) is 1. The van der Waals surface area contributed by atoms with E-state index in [9.17, 15) is 5.11 Å². The van der Waals surface area contributed by atoms with Gasteiger partial charge in [0, 0.05) is 6.42 Å². The fourth-order valence-electron chi connectivity index (χ4n) is 2.39. The van der Waals surface area contributed by atoms with Crippen LogP contribution in [0.5, 0.6) is 5.75 Å². The lowest BCUT2D eigenvalue weighted by molar-refractivity contribution is 0.0327. The highest BCUT2D eigenvalue weighted by Gasteiger charge is 2.27. The molecule has 0 saturated heterocycles. The molecule has 2 aromatic carbocycles. The van der Waals surface area contributed by atoms with Crippen LogP contribution in [0, 0.1) is 0 Å². The molecule has 0 saturated carbocycles. The third kappa shape index (κ3) is 3.40. The van der Waals surface area contributed by atoms with Crippen LogP contribution in [-0.2, 0) is 12.0 Å². The van der Waals surface area contributed by atoms with Crippen molar-refractivity contribution in [2.45, 2.75) is 32.3 Å². The van der Waals surface area contributed by atoms with E-state index in [1.54, 1.807) is 0 Å². The molecule has 1 atom stereocenters. The van der Waals surface area contributed by atoms with Gasteiger partial charge in [-0.25, -0.2) is 0 Å². The predicted molar refractivity (Wildman–Crippen MR) is 81.9 cm³/mol. The smallest absolute Gasteiger partial charge is 0.119 e. The van der Waals surface area contributed by atoms with Crippen molar-refractivity contribution in [2.24, 2.45) is 0 Å². The molecule has 0 aliphatic rings. The van der Waals surface area contributed by atoms with Gasteiger partial charge in [-0.05, 0) is 36.6 Å². The molecule has 0 aromatic heterocycles. The second kappa shape index (κ2) is 6.58. The Labute approximate surface area is 121 Å². The molecule has 0 spiro atoms. The number of rotatable bonds is 6. The first-order valence-corrected chi connectivity index (χ1v) is 7.17. The van der Waals surface area contributed by atoms with Crippen LogP contribution in [0.4, 0.5) is 0 Å². The van der Waals surface area contributed by atoms with Crippen molar-refractivity contribution in [2.75, 3.05) is 6.61 Å². The van der Waals surface area contributed by atoms with Crippen LogP contribution in [0.25, 0.3) is 0 Å². The summed E-state index contributed by atoms with van der Waals surface area (Å²) in [6.45, 7) is 4.63. The zero-order chi connectivity index (χ0) is 14.4. The Morgan fingerprint density at radius 1 is 0.950 bits per heavy atom. The van der Waals surface area contributed by atoms with Crippen molar-refractivity contribution < 1.29 is 9.84 Å². The second-order valence-electron chi connectivity index (χ2n) is 5.00. The minimum atomic E-state index is -0.827. The third-order valence-electron chi connectivity index (χ3n) is 3.63. The largest absolute Gasteiger partial charge is 0.494 e. The molecule has 2 rings (SSSR count). The molecule has 0 aliphatic heterocycles. The molecule has 0 amide bonds. The van der Waals surface area contributed by atoms with Crippen LogP contribution >= 0.6 is 0 Å². The van der Waals surface area contributed by atoms with Crippen molar-refractivity contribution >= 4 is 0 Å². The van der Waals surface area contributed by atoms with E-state index in [2.05, 4.69) is 12.1 Å². The van der Waals surface area contributed by atoms with E-state index in [1.165, 1.54) is 0 Å². The first-order chi connectivity index (χ1) is 9.68. The molecule has 106 valence electrons. The molecular weight excluding hydrogens is 248 g/mol. The molecule has 0 bridgehead atoms. The fraction of sp³-hybridized carbons (Fsp3) is 0.333. The molecule has 2 nitrogen and oxygen atoms in total. The summed E-state index contributed by atoms with van der Waals surface area (Å²) in [5.74, 6) is 0.842. The first-order valence-electron chi connectivity index (χ1n) is 7.17. The molecule has 0 heterocycles. The third-order valence-corrected chi connectivity index (χ3v) is 3.63. The highest BCUT2D eigenvalue weighted by Crippen LogP contribution is 2.30. The molecular formula is C18H22O2. The van der Waals surface area contributed by atoms with Crippen LogP contribution in [-0.4, -0.2) is 11.7 Å². The van der Waals surface area contributed by atoms with Gasteiger partial charge in [-0.15, -0.1) is 0 Å². The van der Waals surface area contributed by atoms with Gasteiger partial charge in [0.2, 0.25) is 0 Å². The zero-order valence-electron chi connectivity index (χ0n) is 12.2. The topological polar surface area (TPSA) is 29.5 Å². The monoisotopic (exact) mass is 270 g/mol. The van der Waals surface area contributed by atoms with Crippen molar-refractivity contribution in [1.29, 1.82) is 0 Å². The van der Waals surface area contributed by atoms with E-state index < -0.39 is 5.60 Å². The average molecular weight is 270 g/mol. The zero-order valence-corrected chi connectivity index (χ0v) is 12.2. The van der Waals surface area contributed by atoms with Crippen molar-refractivity contribution in [3.05, 3.63) is 65.7 Å². The van der Waals surface area contributed by atoms with Crippen LogP contribution in [0.2, 0.25) is 0 Å². The van der Waals surface area contributed by atoms with E-state index in [-0.39, 0.29) is 0 Å². The van der Waals surface area contributed by atoms with Gasteiger partial charge in [0.15, 0.2) is 0 Å². The quantitative estimate of drug-likeness (QED) is 0.862. The van der Waals surface area contributed by atoms with Crippen LogP contribution in [0.3, 0.4) is 0 Å². The maximum atomic E-state index is 10.9. The Balaban J connectivity index is 2.21. The minimum Gasteiger partial charge on any atom is -0.494 e. The summed E-state index contributed by atoms with van der Waals surface area (Å²) in [6, 6.07) is 17.9. The van der Waals surface area contributed by atoms with E-state index in [1.807, 2.05) is 56.3 Å². The summed E-state index contributed by atoms with van der Waals surface area (Å²) in [5, 5.41) is 10.9. The maximum Gasteiger partial charge on any atom is 0.119 e. The predicted octanol–water partition coefficient (Wildman–Crippen LogP) is 3.93. The van der Waals surface area contributed by atoms with Gasteiger partial charge < -0.3 is 9.84 Å². The number of hydrogen-bond donors (Lipinski definition) is 1. The van der Waals surface area contributed by atoms with E-state index in [0.717, 1.165) is 16.9 Å². The molecule has 0 aliphatic carbocycles. The van der Waals surface area contributed by atoms with Gasteiger partial charge >= 0.3 is 0 Å². The molecule has 2 aromatic rings. The molecule has 0 radical (unpaired) electrons. The number of benzene rings is 2. The Bertz CT molecular complexity index is 519. The molecule has 0 fully saturated rings. The number of hydrogen-bond acceptors (Lipinski definition) is 2. The van der Waals surface area contributed by atoms with Crippen molar-refractivity contribution in [3.63, 3.8) is 0 Å². The van der Waals surface area contributed by atoms with E-state index in [0.29, 0.717) is 19.4 Å². The molecule has 1 unspecified atom stereocenters. The molecule has 20 heavy (non-hydrogen) atoms.